The van der Waals surface area contributed by atoms with Crippen LogP contribution in [0, 0.1) is 0 Å². The summed E-state index contributed by atoms with van der Waals surface area (Å²) in [7, 11) is 1.65. The van der Waals surface area contributed by atoms with E-state index in [0.29, 0.717) is 22.2 Å². The van der Waals surface area contributed by atoms with Gasteiger partial charge in [-0.2, -0.15) is 0 Å². The summed E-state index contributed by atoms with van der Waals surface area (Å²) in [5, 5.41) is 3.88. The molecule has 2 aromatic rings. The summed E-state index contributed by atoms with van der Waals surface area (Å²) in [6.45, 7) is 0.584. The van der Waals surface area contributed by atoms with Crippen LogP contribution in [0.25, 0.3) is 0 Å². The van der Waals surface area contributed by atoms with Crippen LogP contribution in [0.2, 0.25) is 10.0 Å². The largest absolute Gasteiger partial charge is 0.497 e. The van der Waals surface area contributed by atoms with E-state index < -0.39 is 0 Å². The molecule has 120 valence electrons. The molecule has 3 rings (SSSR count). The molecule has 5 heteroatoms. The van der Waals surface area contributed by atoms with Crippen LogP contribution in [0.4, 0.5) is 0 Å². The Hall–Kier alpha value is -1.71. The Bertz CT molecular complexity index is 724. The number of benzene rings is 2. The summed E-state index contributed by atoms with van der Waals surface area (Å²) in [5.41, 5.74) is 1.65. The van der Waals surface area contributed by atoms with E-state index in [0.717, 1.165) is 18.6 Å². The summed E-state index contributed by atoms with van der Waals surface area (Å²) in [6.07, 6.45) is 2.12. The lowest BCUT2D eigenvalue weighted by Crippen LogP contribution is -2.32. The lowest BCUT2D eigenvalue weighted by molar-refractivity contribution is 0.0950. The fourth-order valence-corrected chi connectivity index (χ4v) is 3.05. The Balaban J connectivity index is 1.69. The molecule has 0 spiro atoms. The first-order valence-corrected chi connectivity index (χ1v) is 8.17. The van der Waals surface area contributed by atoms with Crippen LogP contribution >= 0.6 is 23.2 Å². The number of methoxy groups -OCH3 is 1. The lowest BCUT2D eigenvalue weighted by Gasteiger charge is -2.17. The maximum atomic E-state index is 12.3. The molecule has 0 radical (unpaired) electrons. The first-order valence-electron chi connectivity index (χ1n) is 7.42. The minimum Gasteiger partial charge on any atom is -0.497 e. The highest BCUT2D eigenvalue weighted by Gasteiger charge is 2.44. The zero-order chi connectivity index (χ0) is 16.4. The number of ether oxygens (including phenoxy) is 1. The monoisotopic (exact) mass is 349 g/mol. The molecule has 3 nitrogen and oxygen atoms in total. The Morgan fingerprint density at radius 1 is 1.17 bits per heavy atom. The van der Waals surface area contributed by atoms with Crippen molar-refractivity contribution in [2.24, 2.45) is 0 Å². The Kier molecular flexibility index (Phi) is 4.51. The van der Waals surface area contributed by atoms with Gasteiger partial charge in [-0.15, -0.1) is 0 Å². The van der Waals surface area contributed by atoms with Gasteiger partial charge in [0.25, 0.3) is 5.91 Å². The van der Waals surface area contributed by atoms with E-state index in [4.69, 9.17) is 27.9 Å². The highest BCUT2D eigenvalue weighted by atomic mass is 35.5. The van der Waals surface area contributed by atoms with Gasteiger partial charge in [-0.1, -0.05) is 35.3 Å². The van der Waals surface area contributed by atoms with Gasteiger partial charge in [0.05, 0.1) is 17.7 Å². The van der Waals surface area contributed by atoms with Crippen molar-refractivity contribution >= 4 is 29.1 Å². The van der Waals surface area contributed by atoms with Crippen molar-refractivity contribution < 1.29 is 9.53 Å². The second kappa shape index (κ2) is 6.42. The molecule has 0 unspecified atom stereocenters. The fraction of sp³-hybridized carbons (Fsp3) is 0.278. The predicted molar refractivity (Wildman–Crippen MR) is 92.7 cm³/mol. The standard InChI is InChI=1S/C18H17Cl2NO2/c1-23-14-5-2-12(3-6-14)18(8-9-18)11-21-17(22)15-10-13(19)4-7-16(15)20/h2-7,10H,8-9,11H2,1H3,(H,21,22). The van der Waals surface area contributed by atoms with Crippen molar-refractivity contribution in [2.45, 2.75) is 18.3 Å². The summed E-state index contributed by atoms with van der Waals surface area (Å²) in [6, 6.07) is 12.9. The van der Waals surface area contributed by atoms with Crippen LogP contribution in [-0.4, -0.2) is 19.6 Å². The van der Waals surface area contributed by atoms with Crippen LogP contribution in [0.1, 0.15) is 28.8 Å². The molecule has 0 aromatic heterocycles. The molecule has 0 aliphatic heterocycles. The molecule has 1 aliphatic carbocycles. The van der Waals surface area contributed by atoms with Gasteiger partial charge in [-0.3, -0.25) is 4.79 Å². The first-order chi connectivity index (χ1) is 11.0. The molecule has 0 heterocycles. The molecule has 1 aliphatic rings. The SMILES string of the molecule is COc1ccc(C2(CNC(=O)c3cc(Cl)ccc3Cl)CC2)cc1. The zero-order valence-electron chi connectivity index (χ0n) is 12.7. The molecule has 1 amide bonds. The van der Waals surface area contributed by atoms with Gasteiger partial charge >= 0.3 is 0 Å². The van der Waals surface area contributed by atoms with Gasteiger partial charge in [0.2, 0.25) is 0 Å². The van der Waals surface area contributed by atoms with E-state index in [-0.39, 0.29) is 11.3 Å². The van der Waals surface area contributed by atoms with E-state index >= 15 is 0 Å². The summed E-state index contributed by atoms with van der Waals surface area (Å²) in [5.74, 6) is 0.636. The van der Waals surface area contributed by atoms with E-state index in [1.165, 1.54) is 5.56 Å². The summed E-state index contributed by atoms with van der Waals surface area (Å²) >= 11 is 12.0. The maximum absolute atomic E-state index is 12.3. The normalized spacial score (nSPS) is 15.1. The molecule has 23 heavy (non-hydrogen) atoms. The zero-order valence-corrected chi connectivity index (χ0v) is 14.2. The number of nitrogens with one attached hydrogen (secondary N) is 1. The number of hydrogen-bond acceptors (Lipinski definition) is 2. The van der Waals surface area contributed by atoms with Gasteiger partial charge < -0.3 is 10.1 Å². The van der Waals surface area contributed by atoms with Crippen molar-refractivity contribution in [2.75, 3.05) is 13.7 Å². The van der Waals surface area contributed by atoms with Crippen molar-refractivity contribution in [1.82, 2.24) is 5.32 Å². The van der Waals surface area contributed by atoms with Crippen molar-refractivity contribution in [3.8, 4) is 5.75 Å². The quantitative estimate of drug-likeness (QED) is 0.864. The number of rotatable bonds is 5. The molecule has 1 N–H and O–H groups in total. The number of carbonyl (C=O) groups is 1. The van der Waals surface area contributed by atoms with Crippen LogP contribution in [-0.2, 0) is 5.41 Å². The number of amides is 1. The van der Waals surface area contributed by atoms with E-state index in [1.54, 1.807) is 25.3 Å². The maximum Gasteiger partial charge on any atom is 0.252 e. The number of hydrogen-bond donors (Lipinski definition) is 1. The Morgan fingerprint density at radius 3 is 2.48 bits per heavy atom. The highest BCUT2D eigenvalue weighted by Crippen LogP contribution is 2.48. The van der Waals surface area contributed by atoms with Crippen molar-refractivity contribution in [3.63, 3.8) is 0 Å². The number of carbonyl (C=O) groups excluding carboxylic acids is 1. The van der Waals surface area contributed by atoms with Crippen LogP contribution in [0.15, 0.2) is 42.5 Å². The highest BCUT2D eigenvalue weighted by molar-refractivity contribution is 6.35. The Labute approximate surface area is 145 Å². The molecule has 1 saturated carbocycles. The second-order valence-electron chi connectivity index (χ2n) is 5.82. The van der Waals surface area contributed by atoms with Gasteiger partial charge in [0, 0.05) is 17.0 Å². The first kappa shape index (κ1) is 16.2. The van der Waals surface area contributed by atoms with E-state index in [2.05, 4.69) is 17.4 Å². The lowest BCUT2D eigenvalue weighted by atomic mass is 9.95. The van der Waals surface area contributed by atoms with Crippen LogP contribution in [0.5, 0.6) is 5.75 Å². The molecule has 0 atom stereocenters. The van der Waals surface area contributed by atoms with Gasteiger partial charge in [-0.25, -0.2) is 0 Å². The van der Waals surface area contributed by atoms with Gasteiger partial charge in [0.15, 0.2) is 0 Å². The van der Waals surface area contributed by atoms with Crippen molar-refractivity contribution in [1.29, 1.82) is 0 Å². The smallest absolute Gasteiger partial charge is 0.252 e. The molecular weight excluding hydrogens is 333 g/mol. The van der Waals surface area contributed by atoms with Crippen LogP contribution in [0.3, 0.4) is 0 Å². The third kappa shape index (κ3) is 3.46. The second-order valence-corrected chi connectivity index (χ2v) is 6.66. The third-order valence-corrected chi connectivity index (χ3v) is 4.88. The van der Waals surface area contributed by atoms with Gasteiger partial charge in [0.1, 0.15) is 5.75 Å². The summed E-state index contributed by atoms with van der Waals surface area (Å²) in [4.78, 5) is 12.3. The third-order valence-electron chi connectivity index (χ3n) is 4.32. The average Bonchev–Trinajstić information content (AvgIpc) is 3.36. The Morgan fingerprint density at radius 2 is 1.87 bits per heavy atom. The molecule has 2 aromatic carbocycles. The molecule has 1 fully saturated rings. The summed E-state index contributed by atoms with van der Waals surface area (Å²) < 4.78 is 5.19. The molecule has 0 saturated heterocycles. The molecular formula is C18H17Cl2NO2. The molecule has 0 bridgehead atoms. The minimum atomic E-state index is -0.197. The van der Waals surface area contributed by atoms with Crippen molar-refractivity contribution in [3.05, 3.63) is 63.6 Å². The fourth-order valence-electron chi connectivity index (χ4n) is 2.68. The van der Waals surface area contributed by atoms with Gasteiger partial charge in [-0.05, 0) is 48.7 Å². The van der Waals surface area contributed by atoms with Crippen LogP contribution < -0.4 is 10.1 Å². The average molecular weight is 350 g/mol. The minimum absolute atomic E-state index is 0.0208. The van der Waals surface area contributed by atoms with E-state index in [1.807, 2.05) is 12.1 Å². The topological polar surface area (TPSA) is 38.3 Å². The number of halogens is 2. The van der Waals surface area contributed by atoms with E-state index in [9.17, 15) is 4.79 Å². The predicted octanol–water partition coefficient (Wildman–Crippen LogP) is 4.46.